The van der Waals surface area contributed by atoms with Crippen molar-refractivity contribution >= 4 is 17.7 Å². The summed E-state index contributed by atoms with van der Waals surface area (Å²) in [6.07, 6.45) is 4.38. The number of likely N-dealkylation sites (tertiary alicyclic amines) is 2. The topological polar surface area (TPSA) is 85.9 Å². The number of nitrogens with zero attached hydrogens (tertiary/aromatic N) is 4. The van der Waals surface area contributed by atoms with Crippen LogP contribution < -0.4 is 5.32 Å². The Balaban J connectivity index is 1.74. The van der Waals surface area contributed by atoms with E-state index in [4.69, 9.17) is 0 Å². The maximum absolute atomic E-state index is 13.6. The monoisotopic (exact) mass is 429 g/mol. The molecule has 170 valence electrons. The van der Waals surface area contributed by atoms with Crippen LogP contribution in [0, 0.1) is 5.41 Å². The number of amides is 3. The minimum Gasteiger partial charge on any atom is -0.358 e. The first-order valence-electron chi connectivity index (χ1n) is 11.1. The molecular weight excluding hydrogens is 394 g/mol. The molecule has 0 saturated carbocycles. The van der Waals surface area contributed by atoms with Crippen molar-refractivity contribution in [2.45, 2.75) is 38.0 Å². The highest BCUT2D eigenvalue weighted by atomic mass is 16.2. The number of piperidine rings is 2. The van der Waals surface area contributed by atoms with Gasteiger partial charge in [0, 0.05) is 44.8 Å². The number of hydrogen-bond acceptors (Lipinski definition) is 5. The van der Waals surface area contributed by atoms with Crippen molar-refractivity contribution < 1.29 is 14.4 Å². The molecule has 0 aliphatic carbocycles. The Kier molecular flexibility index (Phi) is 6.99. The van der Waals surface area contributed by atoms with E-state index in [1.807, 2.05) is 53.9 Å². The highest BCUT2D eigenvalue weighted by Gasteiger charge is 2.48. The van der Waals surface area contributed by atoms with E-state index in [2.05, 4.69) is 10.3 Å². The molecule has 0 bridgehead atoms. The van der Waals surface area contributed by atoms with Gasteiger partial charge in [0.1, 0.15) is 5.41 Å². The maximum atomic E-state index is 13.6. The average Bonchev–Trinajstić information content (AvgIpc) is 2.78. The van der Waals surface area contributed by atoms with Crippen molar-refractivity contribution in [2.24, 2.45) is 5.41 Å². The molecule has 2 aliphatic rings. The molecule has 1 atom stereocenters. The summed E-state index contributed by atoms with van der Waals surface area (Å²) in [5.74, 6) is 0.0836. The van der Waals surface area contributed by atoms with Crippen molar-refractivity contribution in [3.8, 4) is 0 Å². The third-order valence-corrected chi connectivity index (χ3v) is 6.78. The van der Waals surface area contributed by atoms with Crippen molar-refractivity contribution in [1.82, 2.24) is 25.0 Å². The zero-order valence-electron chi connectivity index (χ0n) is 19.2. The van der Waals surface area contributed by atoms with Gasteiger partial charge in [0.05, 0.1) is 12.2 Å². The number of carbonyl (C=O) groups excluding carboxylic acids is 3. The molecule has 2 aliphatic heterocycles. The zero-order valence-corrected chi connectivity index (χ0v) is 19.2. The fraction of sp³-hybridized carbons (Fsp3) is 0.652. The van der Waals surface area contributed by atoms with Crippen molar-refractivity contribution in [2.75, 3.05) is 53.9 Å². The lowest BCUT2D eigenvalue weighted by atomic mass is 9.73. The molecule has 3 heterocycles. The number of rotatable bonds is 5. The molecule has 3 rings (SSSR count). The van der Waals surface area contributed by atoms with Crippen LogP contribution in [0.2, 0.25) is 0 Å². The molecule has 8 heteroatoms. The predicted octanol–water partition coefficient (Wildman–Crippen LogP) is 0.878. The lowest BCUT2D eigenvalue weighted by molar-refractivity contribution is -0.150. The highest BCUT2D eigenvalue weighted by Crippen LogP contribution is 2.38. The quantitative estimate of drug-likeness (QED) is 0.751. The fourth-order valence-corrected chi connectivity index (χ4v) is 4.84. The summed E-state index contributed by atoms with van der Waals surface area (Å²) in [6.45, 7) is 4.54. The molecule has 0 radical (unpaired) electrons. The molecule has 1 aromatic rings. The summed E-state index contributed by atoms with van der Waals surface area (Å²) in [7, 11) is 5.40. The summed E-state index contributed by atoms with van der Waals surface area (Å²) in [5.41, 5.74) is -0.644. The van der Waals surface area contributed by atoms with E-state index in [0.717, 1.165) is 6.42 Å². The minimum absolute atomic E-state index is 0.0797. The normalized spacial score (nSPS) is 23.5. The van der Waals surface area contributed by atoms with Crippen LogP contribution in [0.4, 0.5) is 0 Å². The standard InChI is InChI=1S/C23H35N5O3/c1-22(10-14-27(15-11-22)19(29)16-26(3)4)21(31)28-13-7-9-23(17-28,20(30)24-2)18-8-5-6-12-25-18/h5-6,8,12H,7,9-11,13-17H2,1-4H3,(H,24,30). The molecule has 1 unspecified atom stereocenters. The number of carbonyl (C=O) groups is 3. The van der Waals surface area contributed by atoms with Gasteiger partial charge in [-0.2, -0.15) is 0 Å². The Morgan fingerprint density at radius 3 is 2.39 bits per heavy atom. The van der Waals surface area contributed by atoms with Crippen molar-refractivity contribution in [3.63, 3.8) is 0 Å². The number of nitrogens with one attached hydrogen (secondary N) is 1. The van der Waals surface area contributed by atoms with Gasteiger partial charge in [-0.05, 0) is 51.9 Å². The molecule has 31 heavy (non-hydrogen) atoms. The molecule has 0 aromatic carbocycles. The summed E-state index contributed by atoms with van der Waals surface area (Å²) in [6, 6.07) is 5.59. The summed E-state index contributed by atoms with van der Waals surface area (Å²) in [4.78, 5) is 49.0. The Hall–Kier alpha value is -2.48. The summed E-state index contributed by atoms with van der Waals surface area (Å²) in [5, 5.41) is 2.79. The second kappa shape index (κ2) is 9.34. The van der Waals surface area contributed by atoms with Gasteiger partial charge in [-0.3, -0.25) is 19.4 Å². The van der Waals surface area contributed by atoms with E-state index in [0.29, 0.717) is 57.7 Å². The number of hydrogen-bond donors (Lipinski definition) is 1. The molecule has 1 N–H and O–H groups in total. The lowest BCUT2D eigenvalue weighted by Gasteiger charge is -2.46. The van der Waals surface area contributed by atoms with Crippen molar-refractivity contribution in [1.29, 1.82) is 0 Å². The van der Waals surface area contributed by atoms with Crippen LogP contribution in [0.5, 0.6) is 0 Å². The molecule has 8 nitrogen and oxygen atoms in total. The Bertz CT molecular complexity index is 805. The van der Waals surface area contributed by atoms with Crippen LogP contribution in [0.25, 0.3) is 0 Å². The first kappa shape index (κ1) is 23.2. The Morgan fingerprint density at radius 2 is 1.81 bits per heavy atom. The van der Waals surface area contributed by atoms with E-state index >= 15 is 0 Å². The fourth-order valence-electron chi connectivity index (χ4n) is 4.84. The zero-order chi connectivity index (χ0) is 22.6. The Labute approximate surface area is 185 Å². The maximum Gasteiger partial charge on any atom is 0.236 e. The van der Waals surface area contributed by atoms with Crippen LogP contribution in [0.3, 0.4) is 0 Å². The van der Waals surface area contributed by atoms with Gasteiger partial charge in [-0.25, -0.2) is 0 Å². The number of likely N-dealkylation sites (N-methyl/N-ethyl adjacent to an activating group) is 2. The predicted molar refractivity (Wildman–Crippen MR) is 118 cm³/mol. The van der Waals surface area contributed by atoms with Gasteiger partial charge < -0.3 is 20.0 Å². The Morgan fingerprint density at radius 1 is 1.10 bits per heavy atom. The average molecular weight is 430 g/mol. The second-order valence-corrected chi connectivity index (χ2v) is 9.39. The smallest absolute Gasteiger partial charge is 0.236 e. The van der Waals surface area contributed by atoms with Crippen LogP contribution >= 0.6 is 0 Å². The molecular formula is C23H35N5O3. The van der Waals surface area contributed by atoms with Gasteiger partial charge in [-0.1, -0.05) is 13.0 Å². The van der Waals surface area contributed by atoms with Gasteiger partial charge in [0.15, 0.2) is 0 Å². The SMILES string of the molecule is CNC(=O)C1(c2ccccn2)CCCN(C(=O)C2(C)CCN(C(=O)CN(C)C)CC2)C1. The lowest BCUT2D eigenvalue weighted by Crippen LogP contribution is -2.59. The van der Waals surface area contributed by atoms with Crippen LogP contribution in [-0.4, -0.2) is 91.3 Å². The van der Waals surface area contributed by atoms with Crippen LogP contribution in [-0.2, 0) is 19.8 Å². The highest BCUT2D eigenvalue weighted by molar-refractivity contribution is 5.90. The molecule has 2 fully saturated rings. The molecule has 2 saturated heterocycles. The van der Waals surface area contributed by atoms with Crippen LogP contribution in [0.15, 0.2) is 24.4 Å². The third kappa shape index (κ3) is 4.74. The molecule has 1 aromatic heterocycles. The van der Waals surface area contributed by atoms with Gasteiger partial charge >= 0.3 is 0 Å². The van der Waals surface area contributed by atoms with Crippen molar-refractivity contribution in [3.05, 3.63) is 30.1 Å². The molecule has 3 amide bonds. The van der Waals surface area contributed by atoms with Gasteiger partial charge in [-0.15, -0.1) is 0 Å². The first-order chi connectivity index (χ1) is 14.7. The van der Waals surface area contributed by atoms with E-state index in [1.54, 1.807) is 13.2 Å². The van der Waals surface area contributed by atoms with Crippen LogP contribution in [0.1, 0.15) is 38.3 Å². The van der Waals surface area contributed by atoms with E-state index in [1.165, 1.54) is 0 Å². The van der Waals surface area contributed by atoms with E-state index < -0.39 is 10.8 Å². The largest absolute Gasteiger partial charge is 0.358 e. The number of aromatic nitrogens is 1. The minimum atomic E-state index is -0.831. The van der Waals surface area contributed by atoms with Gasteiger partial charge in [0.25, 0.3) is 0 Å². The third-order valence-electron chi connectivity index (χ3n) is 6.78. The van der Waals surface area contributed by atoms with E-state index in [9.17, 15) is 14.4 Å². The van der Waals surface area contributed by atoms with E-state index in [-0.39, 0.29) is 17.7 Å². The summed E-state index contributed by atoms with van der Waals surface area (Å²) >= 11 is 0. The van der Waals surface area contributed by atoms with Gasteiger partial charge in [0.2, 0.25) is 17.7 Å². The second-order valence-electron chi connectivity index (χ2n) is 9.39. The number of pyridine rings is 1. The summed E-state index contributed by atoms with van der Waals surface area (Å²) < 4.78 is 0. The molecule has 0 spiro atoms. The first-order valence-corrected chi connectivity index (χ1v) is 11.1.